The number of hydrogen-bond donors (Lipinski definition) is 1. The van der Waals surface area contributed by atoms with Crippen molar-refractivity contribution in [3.63, 3.8) is 0 Å². The Morgan fingerprint density at radius 2 is 1.96 bits per heavy atom. The molecule has 1 aliphatic rings. The number of amides is 1. The fourth-order valence-corrected chi connectivity index (χ4v) is 3.34. The molecule has 1 heterocycles. The second-order valence-corrected chi connectivity index (χ2v) is 7.29. The van der Waals surface area contributed by atoms with Gasteiger partial charge < -0.3 is 14.7 Å². The Hall–Kier alpha value is -2.21. The molecule has 1 aliphatic carbocycles. The Bertz CT molecular complexity index is 761. The molecule has 0 bridgehead atoms. The monoisotopic (exact) mass is 342 g/mol. The standard InChI is InChI=1S/C19H26N4O2/c1-13-7-8-15(11-14(13)2)17(24)21-19(9-5-6-10-19)18-20-16(25-22-18)12-23(3)4/h7-8,11H,5-6,9-10,12H2,1-4H3,(H,21,24). The lowest BCUT2D eigenvalue weighted by Crippen LogP contribution is -2.44. The van der Waals surface area contributed by atoms with Crippen LogP contribution in [0, 0.1) is 13.8 Å². The number of carbonyl (C=O) groups is 1. The van der Waals surface area contributed by atoms with E-state index in [-0.39, 0.29) is 5.91 Å². The number of carbonyl (C=O) groups excluding carboxylic acids is 1. The van der Waals surface area contributed by atoms with E-state index in [0.29, 0.717) is 23.8 Å². The minimum absolute atomic E-state index is 0.0797. The van der Waals surface area contributed by atoms with Gasteiger partial charge in [0.15, 0.2) is 5.82 Å². The van der Waals surface area contributed by atoms with E-state index in [1.165, 1.54) is 5.56 Å². The van der Waals surface area contributed by atoms with Crippen LogP contribution in [0.2, 0.25) is 0 Å². The zero-order valence-electron chi connectivity index (χ0n) is 15.4. The highest BCUT2D eigenvalue weighted by atomic mass is 16.5. The molecule has 6 heteroatoms. The van der Waals surface area contributed by atoms with E-state index in [2.05, 4.69) is 15.5 Å². The Balaban J connectivity index is 1.84. The summed E-state index contributed by atoms with van der Waals surface area (Å²) in [4.78, 5) is 19.3. The first-order valence-electron chi connectivity index (χ1n) is 8.77. The fraction of sp³-hybridized carbons (Fsp3) is 0.526. The minimum atomic E-state index is -0.524. The van der Waals surface area contributed by atoms with Crippen LogP contribution in [0.25, 0.3) is 0 Å². The van der Waals surface area contributed by atoms with Gasteiger partial charge in [-0.15, -0.1) is 0 Å². The van der Waals surface area contributed by atoms with E-state index >= 15 is 0 Å². The highest BCUT2D eigenvalue weighted by Gasteiger charge is 2.41. The third-order valence-corrected chi connectivity index (χ3v) is 4.93. The van der Waals surface area contributed by atoms with Crippen LogP contribution < -0.4 is 5.32 Å². The van der Waals surface area contributed by atoms with Crippen LogP contribution >= 0.6 is 0 Å². The number of nitrogens with zero attached hydrogens (tertiary/aromatic N) is 3. The van der Waals surface area contributed by atoms with Gasteiger partial charge in [0.2, 0.25) is 5.89 Å². The molecule has 0 spiro atoms. The van der Waals surface area contributed by atoms with E-state index in [4.69, 9.17) is 4.52 Å². The number of nitrogens with one attached hydrogen (secondary N) is 1. The lowest BCUT2D eigenvalue weighted by Gasteiger charge is -2.27. The molecule has 0 aliphatic heterocycles. The second-order valence-electron chi connectivity index (χ2n) is 7.29. The lowest BCUT2D eigenvalue weighted by molar-refractivity contribution is 0.0892. The molecule has 6 nitrogen and oxygen atoms in total. The van der Waals surface area contributed by atoms with Crippen LogP contribution in [0.5, 0.6) is 0 Å². The molecule has 25 heavy (non-hydrogen) atoms. The average Bonchev–Trinajstić information content (AvgIpc) is 3.19. The van der Waals surface area contributed by atoms with Gasteiger partial charge in [0, 0.05) is 5.56 Å². The predicted molar refractivity (Wildman–Crippen MR) is 95.2 cm³/mol. The second kappa shape index (κ2) is 6.96. The van der Waals surface area contributed by atoms with Crippen LogP contribution in [-0.4, -0.2) is 35.0 Å². The summed E-state index contributed by atoms with van der Waals surface area (Å²) in [5.41, 5.74) is 2.44. The molecule has 0 atom stereocenters. The first-order chi connectivity index (χ1) is 11.9. The lowest BCUT2D eigenvalue weighted by atomic mass is 9.95. The van der Waals surface area contributed by atoms with E-state index in [1.807, 2.05) is 51.0 Å². The van der Waals surface area contributed by atoms with E-state index < -0.39 is 5.54 Å². The Morgan fingerprint density at radius 3 is 2.60 bits per heavy atom. The molecule has 1 aromatic heterocycles. The third kappa shape index (κ3) is 3.74. The molecule has 3 rings (SSSR count). The molecular weight excluding hydrogens is 316 g/mol. The molecule has 1 saturated carbocycles. The van der Waals surface area contributed by atoms with Crippen LogP contribution in [0.4, 0.5) is 0 Å². The van der Waals surface area contributed by atoms with Crippen molar-refractivity contribution in [2.75, 3.05) is 14.1 Å². The molecule has 1 N–H and O–H groups in total. The summed E-state index contributed by atoms with van der Waals surface area (Å²) in [6.45, 7) is 4.65. The SMILES string of the molecule is Cc1ccc(C(=O)NC2(c3noc(CN(C)C)n3)CCCC2)cc1C. The van der Waals surface area contributed by atoms with Gasteiger partial charge in [0.25, 0.3) is 5.91 Å². The third-order valence-electron chi connectivity index (χ3n) is 4.93. The molecule has 1 aromatic carbocycles. The van der Waals surface area contributed by atoms with Crippen LogP contribution in [0.3, 0.4) is 0 Å². The number of rotatable bonds is 5. The number of benzene rings is 1. The molecule has 134 valence electrons. The van der Waals surface area contributed by atoms with Gasteiger partial charge in [-0.05, 0) is 64.0 Å². The van der Waals surface area contributed by atoms with Gasteiger partial charge in [-0.25, -0.2) is 0 Å². The van der Waals surface area contributed by atoms with Crippen molar-refractivity contribution in [2.24, 2.45) is 0 Å². The number of aromatic nitrogens is 2. The quantitative estimate of drug-likeness (QED) is 0.904. The summed E-state index contributed by atoms with van der Waals surface area (Å²) in [5.74, 6) is 1.09. The molecule has 0 unspecified atom stereocenters. The first-order valence-corrected chi connectivity index (χ1v) is 8.77. The van der Waals surface area contributed by atoms with Crippen LogP contribution in [-0.2, 0) is 12.1 Å². The van der Waals surface area contributed by atoms with E-state index in [0.717, 1.165) is 31.2 Å². The Kier molecular flexibility index (Phi) is 4.90. The smallest absolute Gasteiger partial charge is 0.252 e. The molecular formula is C19H26N4O2. The van der Waals surface area contributed by atoms with Crippen molar-refractivity contribution in [1.29, 1.82) is 0 Å². The molecule has 0 saturated heterocycles. The van der Waals surface area contributed by atoms with Crippen LogP contribution in [0.1, 0.15) is 58.9 Å². The Morgan fingerprint density at radius 1 is 1.24 bits per heavy atom. The van der Waals surface area contributed by atoms with Gasteiger partial charge in [-0.2, -0.15) is 4.98 Å². The molecule has 1 amide bonds. The number of aryl methyl sites for hydroxylation is 2. The largest absolute Gasteiger partial charge is 0.339 e. The molecule has 1 fully saturated rings. The average molecular weight is 342 g/mol. The zero-order valence-corrected chi connectivity index (χ0v) is 15.4. The summed E-state index contributed by atoms with van der Waals surface area (Å²) in [6, 6.07) is 5.78. The van der Waals surface area contributed by atoms with Crippen LogP contribution in [0.15, 0.2) is 22.7 Å². The van der Waals surface area contributed by atoms with Gasteiger partial charge in [-0.3, -0.25) is 4.79 Å². The first kappa shape index (κ1) is 17.6. The van der Waals surface area contributed by atoms with E-state index in [9.17, 15) is 4.79 Å². The van der Waals surface area contributed by atoms with Crippen molar-refractivity contribution in [1.82, 2.24) is 20.4 Å². The molecule has 0 radical (unpaired) electrons. The minimum Gasteiger partial charge on any atom is -0.339 e. The molecule has 2 aromatic rings. The maximum absolute atomic E-state index is 12.8. The summed E-state index contributed by atoms with van der Waals surface area (Å²) in [7, 11) is 3.91. The maximum atomic E-state index is 12.8. The predicted octanol–water partition coefficient (Wildman–Crippen LogP) is 2.95. The topological polar surface area (TPSA) is 71.3 Å². The Labute approximate surface area is 148 Å². The van der Waals surface area contributed by atoms with Crippen molar-refractivity contribution < 1.29 is 9.32 Å². The summed E-state index contributed by atoms with van der Waals surface area (Å²) in [5, 5.41) is 7.38. The number of hydrogen-bond acceptors (Lipinski definition) is 5. The van der Waals surface area contributed by atoms with Crippen molar-refractivity contribution in [3.8, 4) is 0 Å². The maximum Gasteiger partial charge on any atom is 0.252 e. The van der Waals surface area contributed by atoms with Crippen molar-refractivity contribution in [2.45, 2.75) is 51.6 Å². The zero-order chi connectivity index (χ0) is 18.0. The normalized spacial score (nSPS) is 16.4. The van der Waals surface area contributed by atoms with Gasteiger partial charge >= 0.3 is 0 Å². The summed E-state index contributed by atoms with van der Waals surface area (Å²) >= 11 is 0. The summed E-state index contributed by atoms with van der Waals surface area (Å²) < 4.78 is 5.38. The fourth-order valence-electron chi connectivity index (χ4n) is 3.34. The van der Waals surface area contributed by atoms with Gasteiger partial charge in [0.1, 0.15) is 5.54 Å². The van der Waals surface area contributed by atoms with Crippen molar-refractivity contribution >= 4 is 5.91 Å². The van der Waals surface area contributed by atoms with Gasteiger partial charge in [0.05, 0.1) is 6.54 Å². The highest BCUT2D eigenvalue weighted by molar-refractivity contribution is 5.95. The highest BCUT2D eigenvalue weighted by Crippen LogP contribution is 2.37. The van der Waals surface area contributed by atoms with Gasteiger partial charge in [-0.1, -0.05) is 24.1 Å². The van der Waals surface area contributed by atoms with E-state index in [1.54, 1.807) is 0 Å². The van der Waals surface area contributed by atoms with Crippen molar-refractivity contribution in [3.05, 3.63) is 46.6 Å². The summed E-state index contributed by atoms with van der Waals surface area (Å²) in [6.07, 6.45) is 3.77.